The van der Waals surface area contributed by atoms with Gasteiger partial charge in [-0.3, -0.25) is 0 Å². The topological polar surface area (TPSA) is 64.9 Å². The summed E-state index contributed by atoms with van der Waals surface area (Å²) < 4.78 is 5.57. The maximum absolute atomic E-state index is 5.57. The SMILES string of the molecule is NCCCc1nnc(CC2CCCC2)o1. The van der Waals surface area contributed by atoms with Crippen LogP contribution in [0.15, 0.2) is 4.42 Å². The third kappa shape index (κ3) is 3.02. The van der Waals surface area contributed by atoms with Crippen molar-refractivity contribution in [3.05, 3.63) is 11.8 Å². The Balaban J connectivity index is 1.83. The van der Waals surface area contributed by atoms with E-state index in [1.54, 1.807) is 0 Å². The predicted octanol–water partition coefficient (Wildman–Crippen LogP) is 1.69. The molecule has 0 aliphatic heterocycles. The van der Waals surface area contributed by atoms with Crippen molar-refractivity contribution in [2.24, 2.45) is 11.7 Å². The largest absolute Gasteiger partial charge is 0.425 e. The number of nitrogens with two attached hydrogens (primary N) is 1. The molecule has 1 aromatic rings. The highest BCUT2D eigenvalue weighted by molar-refractivity contribution is 4.85. The van der Waals surface area contributed by atoms with Crippen molar-refractivity contribution in [2.45, 2.75) is 44.9 Å². The normalized spacial score (nSPS) is 17.4. The van der Waals surface area contributed by atoms with Gasteiger partial charge in [-0.05, 0) is 31.7 Å². The molecule has 1 aliphatic rings. The van der Waals surface area contributed by atoms with Crippen molar-refractivity contribution in [1.82, 2.24) is 10.2 Å². The van der Waals surface area contributed by atoms with Gasteiger partial charge in [0.15, 0.2) is 0 Å². The summed E-state index contributed by atoms with van der Waals surface area (Å²) in [5, 5.41) is 8.10. The highest BCUT2D eigenvalue weighted by atomic mass is 16.4. The summed E-state index contributed by atoms with van der Waals surface area (Å²) in [6, 6.07) is 0. The first-order valence-electron chi connectivity index (χ1n) is 5.90. The van der Waals surface area contributed by atoms with E-state index >= 15 is 0 Å². The minimum Gasteiger partial charge on any atom is -0.425 e. The Hall–Kier alpha value is -0.900. The van der Waals surface area contributed by atoms with E-state index in [1.165, 1.54) is 25.7 Å². The van der Waals surface area contributed by atoms with Crippen LogP contribution >= 0.6 is 0 Å². The van der Waals surface area contributed by atoms with Gasteiger partial charge in [0.25, 0.3) is 0 Å². The smallest absolute Gasteiger partial charge is 0.216 e. The van der Waals surface area contributed by atoms with E-state index in [-0.39, 0.29) is 0 Å². The van der Waals surface area contributed by atoms with Crippen LogP contribution in [0.3, 0.4) is 0 Å². The fraction of sp³-hybridized carbons (Fsp3) is 0.818. The van der Waals surface area contributed by atoms with Gasteiger partial charge in [0.2, 0.25) is 11.8 Å². The number of hydrogen-bond donors (Lipinski definition) is 1. The Labute approximate surface area is 90.3 Å². The minimum absolute atomic E-state index is 0.681. The van der Waals surface area contributed by atoms with Gasteiger partial charge >= 0.3 is 0 Å². The second kappa shape index (κ2) is 5.26. The van der Waals surface area contributed by atoms with Gasteiger partial charge in [0, 0.05) is 12.8 Å². The van der Waals surface area contributed by atoms with Crippen molar-refractivity contribution in [1.29, 1.82) is 0 Å². The molecule has 1 fully saturated rings. The first-order valence-corrected chi connectivity index (χ1v) is 5.90. The Morgan fingerprint density at radius 1 is 1.20 bits per heavy atom. The summed E-state index contributed by atoms with van der Waals surface area (Å²) in [6.07, 6.45) is 8.06. The zero-order valence-corrected chi connectivity index (χ0v) is 9.11. The summed E-state index contributed by atoms with van der Waals surface area (Å²) >= 11 is 0. The summed E-state index contributed by atoms with van der Waals surface area (Å²) in [5.74, 6) is 2.33. The van der Waals surface area contributed by atoms with Gasteiger partial charge in [-0.25, -0.2) is 0 Å². The molecule has 0 radical (unpaired) electrons. The molecule has 0 spiro atoms. The Kier molecular flexibility index (Phi) is 3.72. The molecule has 0 bridgehead atoms. The monoisotopic (exact) mass is 209 g/mol. The van der Waals surface area contributed by atoms with E-state index in [0.29, 0.717) is 6.54 Å². The lowest BCUT2D eigenvalue weighted by Gasteiger charge is -2.03. The summed E-state index contributed by atoms with van der Waals surface area (Å²) in [5.41, 5.74) is 5.43. The fourth-order valence-electron chi connectivity index (χ4n) is 2.19. The third-order valence-corrected chi connectivity index (χ3v) is 3.04. The maximum Gasteiger partial charge on any atom is 0.216 e. The maximum atomic E-state index is 5.57. The molecular formula is C11H19N3O. The van der Waals surface area contributed by atoms with Crippen molar-refractivity contribution < 1.29 is 4.42 Å². The van der Waals surface area contributed by atoms with E-state index in [9.17, 15) is 0 Å². The molecule has 1 saturated carbocycles. The molecule has 84 valence electrons. The van der Waals surface area contributed by atoms with E-state index in [2.05, 4.69) is 10.2 Å². The summed E-state index contributed by atoms with van der Waals surface area (Å²) in [7, 11) is 0. The summed E-state index contributed by atoms with van der Waals surface area (Å²) in [6.45, 7) is 0.681. The Bertz CT molecular complexity index is 292. The molecule has 0 amide bonds. The standard InChI is InChI=1S/C11H19N3O/c12-7-3-6-10-13-14-11(15-10)8-9-4-1-2-5-9/h9H,1-8,12H2. The zero-order chi connectivity index (χ0) is 10.5. The van der Waals surface area contributed by atoms with E-state index in [0.717, 1.165) is 37.0 Å². The molecule has 2 rings (SSSR count). The second-order valence-electron chi connectivity index (χ2n) is 4.34. The fourth-order valence-corrected chi connectivity index (χ4v) is 2.19. The molecule has 0 unspecified atom stereocenters. The molecule has 2 N–H and O–H groups in total. The van der Waals surface area contributed by atoms with Gasteiger partial charge in [-0.15, -0.1) is 10.2 Å². The Morgan fingerprint density at radius 3 is 2.67 bits per heavy atom. The van der Waals surface area contributed by atoms with E-state index in [1.807, 2.05) is 0 Å². The molecule has 1 aromatic heterocycles. The molecule has 1 heterocycles. The van der Waals surface area contributed by atoms with Crippen molar-refractivity contribution >= 4 is 0 Å². The molecule has 1 aliphatic carbocycles. The average molecular weight is 209 g/mol. The van der Waals surface area contributed by atoms with Gasteiger partial charge in [-0.2, -0.15) is 0 Å². The lowest BCUT2D eigenvalue weighted by molar-refractivity contribution is 0.405. The molecule has 0 aromatic carbocycles. The van der Waals surface area contributed by atoms with Crippen molar-refractivity contribution in [2.75, 3.05) is 6.54 Å². The first kappa shape index (κ1) is 10.6. The lowest BCUT2D eigenvalue weighted by atomic mass is 10.0. The van der Waals surface area contributed by atoms with Crippen LogP contribution in [0.4, 0.5) is 0 Å². The van der Waals surface area contributed by atoms with Crippen LogP contribution in [0, 0.1) is 5.92 Å². The van der Waals surface area contributed by atoms with Gasteiger partial charge < -0.3 is 10.2 Å². The van der Waals surface area contributed by atoms with E-state index < -0.39 is 0 Å². The molecule has 4 heteroatoms. The highest BCUT2D eigenvalue weighted by Gasteiger charge is 2.18. The van der Waals surface area contributed by atoms with Gasteiger partial charge in [0.1, 0.15) is 0 Å². The molecular weight excluding hydrogens is 190 g/mol. The van der Waals surface area contributed by atoms with Crippen LogP contribution in [-0.4, -0.2) is 16.7 Å². The lowest BCUT2D eigenvalue weighted by Crippen LogP contribution is -2.00. The molecule has 0 atom stereocenters. The van der Waals surface area contributed by atoms with Gasteiger partial charge in [0.05, 0.1) is 0 Å². The van der Waals surface area contributed by atoms with Crippen LogP contribution in [-0.2, 0) is 12.8 Å². The van der Waals surface area contributed by atoms with E-state index in [4.69, 9.17) is 10.2 Å². The molecule has 4 nitrogen and oxygen atoms in total. The minimum atomic E-state index is 0.681. The van der Waals surface area contributed by atoms with Crippen LogP contribution in [0.1, 0.15) is 43.9 Å². The molecule has 15 heavy (non-hydrogen) atoms. The quantitative estimate of drug-likeness (QED) is 0.801. The first-order chi connectivity index (χ1) is 7.38. The van der Waals surface area contributed by atoms with Crippen molar-refractivity contribution in [3.8, 4) is 0 Å². The van der Waals surface area contributed by atoms with Crippen LogP contribution < -0.4 is 5.73 Å². The highest BCUT2D eigenvalue weighted by Crippen LogP contribution is 2.27. The average Bonchev–Trinajstić information content (AvgIpc) is 2.87. The second-order valence-corrected chi connectivity index (χ2v) is 4.34. The van der Waals surface area contributed by atoms with Crippen LogP contribution in [0.5, 0.6) is 0 Å². The van der Waals surface area contributed by atoms with Gasteiger partial charge in [-0.1, -0.05) is 12.8 Å². The number of nitrogens with zero attached hydrogens (tertiary/aromatic N) is 2. The third-order valence-electron chi connectivity index (χ3n) is 3.04. The summed E-state index contributed by atoms with van der Waals surface area (Å²) in [4.78, 5) is 0. The number of aryl methyl sites for hydroxylation is 1. The predicted molar refractivity (Wildman–Crippen MR) is 57.3 cm³/mol. The molecule has 0 saturated heterocycles. The number of aromatic nitrogens is 2. The van der Waals surface area contributed by atoms with Crippen molar-refractivity contribution in [3.63, 3.8) is 0 Å². The van der Waals surface area contributed by atoms with Crippen LogP contribution in [0.2, 0.25) is 0 Å². The Morgan fingerprint density at radius 2 is 1.93 bits per heavy atom. The van der Waals surface area contributed by atoms with Crippen LogP contribution in [0.25, 0.3) is 0 Å². The number of hydrogen-bond acceptors (Lipinski definition) is 4. The zero-order valence-electron chi connectivity index (χ0n) is 9.11. The number of rotatable bonds is 5.